The van der Waals surface area contributed by atoms with Crippen molar-refractivity contribution in [2.45, 2.75) is 31.9 Å². The minimum Gasteiger partial charge on any atom is -0.491 e. The molecular formula is C16H19F4NO2. The highest BCUT2D eigenvalue weighted by Crippen LogP contribution is 2.33. The molecule has 1 aromatic carbocycles. The Morgan fingerprint density at radius 2 is 2.04 bits per heavy atom. The number of rotatable bonds is 5. The average Bonchev–Trinajstić information content (AvgIpc) is 2.52. The van der Waals surface area contributed by atoms with Gasteiger partial charge in [0.15, 0.2) is 11.6 Å². The molecule has 0 bridgehead atoms. The highest BCUT2D eigenvalue weighted by atomic mass is 19.4. The number of carbonyl (C=O) groups is 1. The van der Waals surface area contributed by atoms with Crippen molar-refractivity contribution in [3.05, 3.63) is 30.1 Å². The summed E-state index contributed by atoms with van der Waals surface area (Å²) in [6.45, 7) is 0.235. The van der Waals surface area contributed by atoms with Gasteiger partial charge in [-0.05, 0) is 31.4 Å². The van der Waals surface area contributed by atoms with E-state index in [1.54, 1.807) is 12.1 Å². The van der Waals surface area contributed by atoms with Gasteiger partial charge in [0.25, 0.3) is 0 Å². The van der Waals surface area contributed by atoms with Crippen LogP contribution >= 0.6 is 0 Å². The Bertz CT molecular complexity index is 533. The first kappa shape index (κ1) is 17.6. The molecule has 0 aromatic heterocycles. The third-order valence-electron chi connectivity index (χ3n) is 3.87. The van der Waals surface area contributed by atoms with Gasteiger partial charge < -0.3 is 9.64 Å². The van der Waals surface area contributed by atoms with E-state index < -0.39 is 17.9 Å². The number of halogens is 4. The van der Waals surface area contributed by atoms with E-state index in [2.05, 4.69) is 0 Å². The van der Waals surface area contributed by atoms with E-state index >= 15 is 0 Å². The van der Waals surface area contributed by atoms with Crippen LogP contribution in [0.1, 0.15) is 25.7 Å². The van der Waals surface area contributed by atoms with Crippen LogP contribution in [0.3, 0.4) is 0 Å². The van der Waals surface area contributed by atoms with Gasteiger partial charge in [-0.1, -0.05) is 12.1 Å². The summed E-state index contributed by atoms with van der Waals surface area (Å²) in [5, 5.41) is 0. The summed E-state index contributed by atoms with van der Waals surface area (Å²) >= 11 is 0. The predicted octanol–water partition coefficient (Wildman–Crippen LogP) is 3.79. The van der Waals surface area contributed by atoms with Gasteiger partial charge in [-0.3, -0.25) is 4.79 Å². The summed E-state index contributed by atoms with van der Waals surface area (Å²) in [6, 6.07) is 5.93. The second-order valence-corrected chi connectivity index (χ2v) is 5.60. The second-order valence-electron chi connectivity index (χ2n) is 5.60. The zero-order valence-corrected chi connectivity index (χ0v) is 12.6. The SMILES string of the molecule is O=C(CCCOc1ccccc1F)N1CCC[C@H](C(F)(F)F)C1. The minimum absolute atomic E-state index is 0.0731. The molecular weight excluding hydrogens is 314 g/mol. The minimum atomic E-state index is -4.26. The number of alkyl halides is 3. The molecule has 1 amide bonds. The number of carbonyl (C=O) groups excluding carboxylic acids is 1. The molecule has 1 aliphatic heterocycles. The van der Waals surface area contributed by atoms with Crippen LogP contribution in [0, 0.1) is 11.7 Å². The lowest BCUT2D eigenvalue weighted by Crippen LogP contribution is -2.44. The molecule has 3 nitrogen and oxygen atoms in total. The van der Waals surface area contributed by atoms with Gasteiger partial charge >= 0.3 is 6.18 Å². The van der Waals surface area contributed by atoms with Crippen molar-refractivity contribution in [3.63, 3.8) is 0 Å². The molecule has 2 rings (SSSR count). The normalized spacial score (nSPS) is 18.8. The lowest BCUT2D eigenvalue weighted by molar-refractivity contribution is -0.188. The molecule has 0 radical (unpaired) electrons. The van der Waals surface area contributed by atoms with Crippen LogP contribution in [0.25, 0.3) is 0 Å². The first-order valence-corrected chi connectivity index (χ1v) is 7.59. The molecule has 0 spiro atoms. The van der Waals surface area contributed by atoms with Crippen molar-refractivity contribution in [2.75, 3.05) is 19.7 Å². The Morgan fingerprint density at radius 1 is 1.30 bits per heavy atom. The molecule has 0 N–H and O–H groups in total. The van der Waals surface area contributed by atoms with Crippen LogP contribution in [0.4, 0.5) is 17.6 Å². The molecule has 23 heavy (non-hydrogen) atoms. The standard InChI is InChI=1S/C16H19F4NO2/c17-13-6-1-2-7-14(13)23-10-4-8-15(22)21-9-3-5-12(11-21)16(18,19)20/h1-2,6-7,12H,3-5,8-11H2/t12-/m0/s1. The van der Waals surface area contributed by atoms with Crippen LogP contribution < -0.4 is 4.74 Å². The second kappa shape index (κ2) is 7.66. The van der Waals surface area contributed by atoms with Crippen LogP contribution in [0.2, 0.25) is 0 Å². The number of ether oxygens (including phenoxy) is 1. The fourth-order valence-corrected chi connectivity index (χ4v) is 2.60. The Hall–Kier alpha value is -1.79. The first-order chi connectivity index (χ1) is 10.9. The summed E-state index contributed by atoms with van der Waals surface area (Å²) in [6.07, 6.45) is -3.39. The first-order valence-electron chi connectivity index (χ1n) is 7.59. The van der Waals surface area contributed by atoms with Gasteiger partial charge in [-0.15, -0.1) is 0 Å². The molecule has 0 saturated carbocycles. The maximum atomic E-state index is 13.3. The summed E-state index contributed by atoms with van der Waals surface area (Å²) < 4.78 is 56.7. The summed E-state index contributed by atoms with van der Waals surface area (Å²) in [7, 11) is 0. The summed E-state index contributed by atoms with van der Waals surface area (Å²) in [4.78, 5) is 13.2. The topological polar surface area (TPSA) is 29.5 Å². The highest BCUT2D eigenvalue weighted by Gasteiger charge is 2.42. The van der Waals surface area contributed by atoms with Crippen molar-refractivity contribution in [1.29, 1.82) is 0 Å². The van der Waals surface area contributed by atoms with Crippen molar-refractivity contribution in [1.82, 2.24) is 4.90 Å². The lowest BCUT2D eigenvalue weighted by Gasteiger charge is -2.33. The van der Waals surface area contributed by atoms with E-state index in [1.807, 2.05) is 0 Å². The molecule has 128 valence electrons. The third kappa shape index (κ3) is 5.11. The van der Waals surface area contributed by atoms with Crippen LogP contribution in [0.15, 0.2) is 24.3 Å². The van der Waals surface area contributed by atoms with Crippen molar-refractivity contribution in [3.8, 4) is 5.75 Å². The van der Waals surface area contributed by atoms with E-state index in [0.717, 1.165) is 0 Å². The summed E-state index contributed by atoms with van der Waals surface area (Å²) in [5.41, 5.74) is 0. The number of amides is 1. The number of benzene rings is 1. The summed E-state index contributed by atoms with van der Waals surface area (Å²) in [5.74, 6) is -2.12. The van der Waals surface area contributed by atoms with Gasteiger partial charge in [-0.2, -0.15) is 13.2 Å². The average molecular weight is 333 g/mol. The van der Waals surface area contributed by atoms with Crippen molar-refractivity contribution < 1.29 is 27.1 Å². The van der Waals surface area contributed by atoms with Crippen molar-refractivity contribution >= 4 is 5.91 Å². The number of hydrogen-bond donors (Lipinski definition) is 0. The lowest BCUT2D eigenvalue weighted by atomic mass is 9.97. The largest absolute Gasteiger partial charge is 0.491 e. The van der Waals surface area contributed by atoms with E-state index in [9.17, 15) is 22.4 Å². The number of nitrogens with zero attached hydrogens (tertiary/aromatic N) is 1. The maximum Gasteiger partial charge on any atom is 0.393 e. The third-order valence-corrected chi connectivity index (χ3v) is 3.87. The van der Waals surface area contributed by atoms with Gasteiger partial charge in [0.05, 0.1) is 12.5 Å². The van der Waals surface area contributed by atoms with Crippen molar-refractivity contribution in [2.24, 2.45) is 5.92 Å². The quantitative estimate of drug-likeness (QED) is 0.606. The van der Waals surface area contributed by atoms with E-state index in [0.29, 0.717) is 19.4 Å². The fourth-order valence-electron chi connectivity index (χ4n) is 2.60. The number of para-hydroxylation sites is 1. The smallest absolute Gasteiger partial charge is 0.393 e. The van der Waals surface area contributed by atoms with Crippen LogP contribution in [-0.2, 0) is 4.79 Å². The number of hydrogen-bond acceptors (Lipinski definition) is 2. The van der Waals surface area contributed by atoms with Gasteiger partial charge in [0, 0.05) is 19.5 Å². The van der Waals surface area contributed by atoms with Crippen LogP contribution in [0.5, 0.6) is 5.75 Å². The van der Waals surface area contributed by atoms with E-state index in [-0.39, 0.29) is 37.6 Å². The molecule has 1 saturated heterocycles. The van der Waals surface area contributed by atoms with Crippen LogP contribution in [-0.4, -0.2) is 36.7 Å². The monoisotopic (exact) mass is 333 g/mol. The molecule has 1 heterocycles. The molecule has 0 unspecified atom stereocenters. The number of likely N-dealkylation sites (tertiary alicyclic amines) is 1. The molecule has 1 aliphatic rings. The number of piperidine rings is 1. The zero-order valence-electron chi connectivity index (χ0n) is 12.6. The van der Waals surface area contributed by atoms with Gasteiger partial charge in [0.1, 0.15) is 0 Å². The Morgan fingerprint density at radius 3 is 2.74 bits per heavy atom. The predicted molar refractivity (Wildman–Crippen MR) is 76.5 cm³/mol. The zero-order chi connectivity index (χ0) is 16.9. The van der Waals surface area contributed by atoms with E-state index in [1.165, 1.54) is 17.0 Å². The Labute approximate surface area is 132 Å². The molecule has 1 aromatic rings. The Balaban J connectivity index is 1.73. The molecule has 1 fully saturated rings. The van der Waals surface area contributed by atoms with Gasteiger partial charge in [-0.25, -0.2) is 4.39 Å². The molecule has 0 aliphatic carbocycles. The molecule has 7 heteroatoms. The maximum absolute atomic E-state index is 13.3. The van der Waals surface area contributed by atoms with E-state index in [4.69, 9.17) is 4.74 Å². The Kier molecular flexibility index (Phi) is 5.85. The highest BCUT2D eigenvalue weighted by molar-refractivity contribution is 5.76. The fraction of sp³-hybridized carbons (Fsp3) is 0.562. The van der Waals surface area contributed by atoms with Gasteiger partial charge in [0.2, 0.25) is 5.91 Å². The molecule has 1 atom stereocenters.